The quantitative estimate of drug-likeness (QED) is 0.572. The highest BCUT2D eigenvalue weighted by Gasteiger charge is 2.39. The number of hydrazine groups is 2. The number of pyridine rings is 1. The number of fused-ring (bicyclic) bond motifs is 1. The predicted octanol–water partition coefficient (Wildman–Crippen LogP) is 1.57. The first-order valence-corrected chi connectivity index (χ1v) is 10.2. The van der Waals surface area contributed by atoms with E-state index in [-0.39, 0.29) is 36.9 Å². The van der Waals surface area contributed by atoms with Crippen LogP contribution in [0.2, 0.25) is 0 Å². The maximum atomic E-state index is 13.0. The summed E-state index contributed by atoms with van der Waals surface area (Å²) in [4.78, 5) is 41.9. The normalized spacial score (nSPS) is 20.1. The molecule has 3 amide bonds. The van der Waals surface area contributed by atoms with E-state index in [1.165, 1.54) is 22.0 Å². The zero-order valence-electron chi connectivity index (χ0n) is 17.3. The van der Waals surface area contributed by atoms with Crippen LogP contribution in [0.5, 0.6) is 5.88 Å². The van der Waals surface area contributed by atoms with Gasteiger partial charge in [0.15, 0.2) is 0 Å². The highest BCUT2D eigenvalue weighted by molar-refractivity contribution is 6.05. The van der Waals surface area contributed by atoms with Gasteiger partial charge in [-0.15, -0.1) is 18.7 Å². The van der Waals surface area contributed by atoms with Gasteiger partial charge in [-0.1, -0.05) is 12.1 Å². The fourth-order valence-electron chi connectivity index (χ4n) is 4.02. The van der Waals surface area contributed by atoms with Crippen LogP contribution < -0.4 is 26.0 Å². The van der Waals surface area contributed by atoms with Gasteiger partial charge in [-0.2, -0.15) is 0 Å². The van der Waals surface area contributed by atoms with Crippen molar-refractivity contribution in [2.24, 2.45) is 0 Å². The Morgan fingerprint density at radius 3 is 2.71 bits per heavy atom. The molecule has 1 aromatic carbocycles. The van der Waals surface area contributed by atoms with Crippen LogP contribution in [-0.4, -0.2) is 40.0 Å². The fraction of sp³-hybridized carbons (Fsp3) is 0.238. The molecule has 0 saturated carbocycles. The summed E-state index contributed by atoms with van der Waals surface area (Å²) in [6.07, 6.45) is -2.85. The lowest BCUT2D eigenvalue weighted by molar-refractivity contribution is -0.276. The van der Waals surface area contributed by atoms with Crippen LogP contribution in [0.4, 0.5) is 18.9 Å². The van der Waals surface area contributed by atoms with Crippen LogP contribution in [0.1, 0.15) is 34.5 Å². The average molecular weight is 474 g/mol. The van der Waals surface area contributed by atoms with Crippen LogP contribution in [0.25, 0.3) is 5.70 Å². The molecule has 0 bridgehead atoms. The molecule has 10 nitrogen and oxygen atoms in total. The predicted molar refractivity (Wildman–Crippen MR) is 110 cm³/mol. The van der Waals surface area contributed by atoms with Crippen molar-refractivity contribution >= 4 is 29.1 Å². The molecule has 3 N–H and O–H groups in total. The van der Waals surface area contributed by atoms with Crippen LogP contribution in [-0.2, 0) is 16.1 Å². The molecule has 3 aliphatic rings. The minimum absolute atomic E-state index is 0.169. The zero-order valence-corrected chi connectivity index (χ0v) is 17.3. The highest BCUT2D eigenvalue weighted by Crippen LogP contribution is 2.31. The van der Waals surface area contributed by atoms with Crippen molar-refractivity contribution in [2.45, 2.75) is 31.8 Å². The third-order valence-corrected chi connectivity index (χ3v) is 5.58. The molecule has 1 saturated heterocycles. The number of carbonyl (C=O) groups is 3. The molecule has 5 rings (SSSR count). The van der Waals surface area contributed by atoms with Gasteiger partial charge in [0.05, 0.1) is 23.3 Å². The van der Waals surface area contributed by atoms with Crippen molar-refractivity contribution in [3.05, 3.63) is 59.4 Å². The molecule has 13 heteroatoms. The van der Waals surface area contributed by atoms with E-state index >= 15 is 0 Å². The minimum Gasteiger partial charge on any atom is -0.388 e. The van der Waals surface area contributed by atoms with E-state index in [1.807, 2.05) is 0 Å². The Hall–Kier alpha value is -4.13. The van der Waals surface area contributed by atoms with E-state index in [4.69, 9.17) is 0 Å². The summed E-state index contributed by atoms with van der Waals surface area (Å²) in [7, 11) is 0. The summed E-state index contributed by atoms with van der Waals surface area (Å²) in [6, 6.07) is 8.44. The Labute approximate surface area is 190 Å². The standard InChI is InChI=1S/C21H17F3N6O4/c22-21(23,24)34-18-3-1-2-14(25-18)15-10-30(28-27-15)12-5-4-11-9-29(20(33)13(11)8-12)16-6-7-17(31)26-19(16)32/h1-5,8,10,16,27-28H,6-7,9H2,(H,26,31,32). The summed E-state index contributed by atoms with van der Waals surface area (Å²) in [6.45, 7) is 0.253. The number of aromatic nitrogens is 1. The van der Waals surface area contributed by atoms with Crippen molar-refractivity contribution in [2.75, 3.05) is 5.01 Å². The number of alkyl halides is 3. The molecular formula is C21H17F3N6O4. The smallest absolute Gasteiger partial charge is 0.388 e. The van der Waals surface area contributed by atoms with Crippen LogP contribution in [0.3, 0.4) is 0 Å². The second kappa shape index (κ2) is 8.02. The lowest BCUT2D eigenvalue weighted by Gasteiger charge is -2.29. The largest absolute Gasteiger partial charge is 0.574 e. The molecular weight excluding hydrogens is 457 g/mol. The number of ether oxygens (including phenoxy) is 1. The molecule has 3 aliphatic heterocycles. The van der Waals surface area contributed by atoms with E-state index in [9.17, 15) is 27.6 Å². The zero-order chi connectivity index (χ0) is 24.0. The SMILES string of the molecule is O=C1CCC(N2Cc3ccc(N4C=C(c5cccc(OC(F)(F)F)n5)NN4)cc3C2=O)C(=O)N1. The first-order valence-electron chi connectivity index (χ1n) is 10.2. The summed E-state index contributed by atoms with van der Waals surface area (Å²) in [5.74, 6) is -1.75. The molecule has 1 fully saturated rings. The van der Waals surface area contributed by atoms with E-state index < -0.39 is 24.2 Å². The van der Waals surface area contributed by atoms with Gasteiger partial charge in [0, 0.05) is 24.6 Å². The van der Waals surface area contributed by atoms with E-state index in [0.29, 0.717) is 16.9 Å². The van der Waals surface area contributed by atoms with Crippen molar-refractivity contribution in [3.63, 3.8) is 0 Å². The van der Waals surface area contributed by atoms with E-state index in [2.05, 4.69) is 26.0 Å². The molecule has 4 heterocycles. The van der Waals surface area contributed by atoms with E-state index in [0.717, 1.165) is 11.6 Å². The van der Waals surface area contributed by atoms with Crippen LogP contribution in [0.15, 0.2) is 42.6 Å². The molecule has 0 radical (unpaired) electrons. The highest BCUT2D eigenvalue weighted by atomic mass is 19.4. The maximum Gasteiger partial charge on any atom is 0.574 e. The maximum absolute atomic E-state index is 13.0. The average Bonchev–Trinajstić information content (AvgIpc) is 3.38. The molecule has 0 spiro atoms. The van der Waals surface area contributed by atoms with Gasteiger partial charge >= 0.3 is 6.36 Å². The number of piperidine rings is 1. The van der Waals surface area contributed by atoms with Gasteiger partial charge in [0.1, 0.15) is 6.04 Å². The van der Waals surface area contributed by atoms with Gasteiger partial charge < -0.3 is 9.64 Å². The number of hydrogen-bond donors (Lipinski definition) is 3. The molecule has 1 unspecified atom stereocenters. The van der Waals surface area contributed by atoms with Crippen molar-refractivity contribution in [3.8, 4) is 5.88 Å². The van der Waals surface area contributed by atoms with Crippen molar-refractivity contribution < 1.29 is 32.3 Å². The van der Waals surface area contributed by atoms with Gasteiger partial charge in [0.2, 0.25) is 17.7 Å². The summed E-state index contributed by atoms with van der Waals surface area (Å²) in [5.41, 5.74) is 7.98. The minimum atomic E-state index is -4.86. The second-order valence-corrected chi connectivity index (χ2v) is 7.80. The number of benzene rings is 1. The molecule has 1 atom stereocenters. The lowest BCUT2D eigenvalue weighted by atomic mass is 10.0. The molecule has 176 valence electrons. The van der Waals surface area contributed by atoms with Crippen molar-refractivity contribution in [1.29, 1.82) is 0 Å². The number of imide groups is 1. The summed E-state index contributed by atoms with van der Waals surface area (Å²) >= 11 is 0. The Kier molecular flexibility index (Phi) is 5.12. The van der Waals surface area contributed by atoms with Crippen LogP contribution in [0, 0.1) is 0 Å². The van der Waals surface area contributed by atoms with Crippen molar-refractivity contribution in [1.82, 2.24) is 26.2 Å². The number of carbonyl (C=O) groups excluding carboxylic acids is 3. The number of hydrogen-bond acceptors (Lipinski definition) is 8. The van der Waals surface area contributed by atoms with Gasteiger partial charge in [-0.05, 0) is 30.2 Å². The molecule has 1 aromatic heterocycles. The Balaban J connectivity index is 1.34. The first kappa shape index (κ1) is 21.7. The first-order chi connectivity index (χ1) is 16.2. The second-order valence-electron chi connectivity index (χ2n) is 7.80. The fourth-order valence-corrected chi connectivity index (χ4v) is 4.02. The number of halogens is 3. The number of amides is 3. The van der Waals surface area contributed by atoms with Gasteiger partial charge in [0.25, 0.3) is 5.91 Å². The molecule has 2 aromatic rings. The number of anilines is 1. The Morgan fingerprint density at radius 1 is 1.12 bits per heavy atom. The summed E-state index contributed by atoms with van der Waals surface area (Å²) in [5, 5.41) is 3.80. The summed E-state index contributed by atoms with van der Waals surface area (Å²) < 4.78 is 41.3. The topological polar surface area (TPSA) is 116 Å². The number of nitrogens with zero attached hydrogens (tertiary/aromatic N) is 3. The van der Waals surface area contributed by atoms with Crippen LogP contribution >= 0.6 is 0 Å². The Bertz CT molecular complexity index is 1230. The number of nitrogens with one attached hydrogen (secondary N) is 3. The monoisotopic (exact) mass is 474 g/mol. The third kappa shape index (κ3) is 4.12. The lowest BCUT2D eigenvalue weighted by Crippen LogP contribution is -2.52. The third-order valence-electron chi connectivity index (χ3n) is 5.58. The van der Waals surface area contributed by atoms with Gasteiger partial charge in [-0.25, -0.2) is 4.98 Å². The van der Waals surface area contributed by atoms with E-state index in [1.54, 1.807) is 24.4 Å². The van der Waals surface area contributed by atoms with Gasteiger partial charge in [-0.3, -0.25) is 30.1 Å². The molecule has 34 heavy (non-hydrogen) atoms. The Morgan fingerprint density at radius 2 is 1.94 bits per heavy atom. The number of rotatable bonds is 4. The molecule has 0 aliphatic carbocycles.